The van der Waals surface area contributed by atoms with Crippen molar-refractivity contribution in [2.24, 2.45) is 0 Å². The molecule has 2 rings (SSSR count). The lowest BCUT2D eigenvalue weighted by atomic mass is 10.4. The molecule has 0 fully saturated rings. The van der Waals surface area contributed by atoms with Crippen LogP contribution in [0.5, 0.6) is 0 Å². The van der Waals surface area contributed by atoms with Crippen molar-refractivity contribution in [3.05, 3.63) is 24.8 Å². The van der Waals surface area contributed by atoms with Crippen LogP contribution in [-0.2, 0) is 0 Å². The predicted octanol–water partition coefficient (Wildman–Crippen LogP) is 1.34. The van der Waals surface area contributed by atoms with Crippen molar-refractivity contribution >= 4 is 17.0 Å². The monoisotopic (exact) mass is 189 g/mol. The van der Waals surface area contributed by atoms with E-state index in [1.165, 1.54) is 6.33 Å². The lowest BCUT2D eigenvalue weighted by molar-refractivity contribution is 1.17. The van der Waals surface area contributed by atoms with Crippen LogP contribution in [0.3, 0.4) is 0 Å². The fourth-order valence-corrected chi connectivity index (χ4v) is 1.17. The Bertz CT molecular complexity index is 445. The van der Waals surface area contributed by atoms with E-state index in [1.54, 1.807) is 6.33 Å². The Hall–Kier alpha value is -1.91. The first-order valence-corrected chi connectivity index (χ1v) is 4.41. The lowest BCUT2D eigenvalue weighted by Crippen LogP contribution is -2.01. The molecule has 5 nitrogen and oxygen atoms in total. The highest BCUT2D eigenvalue weighted by molar-refractivity contribution is 5.81. The normalized spacial score (nSPS) is 11.2. The molecule has 0 amide bonds. The quantitative estimate of drug-likeness (QED) is 0.715. The van der Waals surface area contributed by atoms with Crippen LogP contribution in [0.2, 0.25) is 0 Å². The molecule has 0 aliphatic rings. The summed E-state index contributed by atoms with van der Waals surface area (Å²) in [6.07, 6.45) is 7.12. The summed E-state index contributed by atoms with van der Waals surface area (Å²) in [5.41, 5.74) is 1.53. The van der Waals surface area contributed by atoms with E-state index in [2.05, 4.69) is 25.3 Å². The molecule has 0 saturated heterocycles. The summed E-state index contributed by atoms with van der Waals surface area (Å²) in [7, 11) is 0. The summed E-state index contributed by atoms with van der Waals surface area (Å²) < 4.78 is 0. The SMILES string of the molecule is CC=CCNc1ncnc2nc[nH]c12. The maximum atomic E-state index is 4.12. The Morgan fingerprint density at radius 3 is 3.21 bits per heavy atom. The number of anilines is 1. The Morgan fingerprint density at radius 1 is 1.43 bits per heavy atom. The first kappa shape index (κ1) is 8.68. The van der Waals surface area contributed by atoms with Crippen LogP contribution >= 0.6 is 0 Å². The van der Waals surface area contributed by atoms with Crippen molar-refractivity contribution in [2.75, 3.05) is 11.9 Å². The van der Waals surface area contributed by atoms with Gasteiger partial charge in [-0.3, -0.25) is 0 Å². The number of aromatic amines is 1. The van der Waals surface area contributed by atoms with E-state index in [1.807, 2.05) is 19.1 Å². The van der Waals surface area contributed by atoms with Gasteiger partial charge in [0.25, 0.3) is 0 Å². The molecule has 0 saturated carbocycles. The standard InChI is InChI=1S/C9H11N5/c1-2-3-4-10-8-7-9(12-5-11-7)14-6-13-8/h2-3,5-6H,4H2,1H3,(H2,10,11,12,13,14). The van der Waals surface area contributed by atoms with Gasteiger partial charge in [0, 0.05) is 6.54 Å². The van der Waals surface area contributed by atoms with E-state index >= 15 is 0 Å². The number of imidazole rings is 1. The highest BCUT2D eigenvalue weighted by Gasteiger charge is 2.03. The van der Waals surface area contributed by atoms with E-state index in [-0.39, 0.29) is 0 Å². The van der Waals surface area contributed by atoms with Gasteiger partial charge < -0.3 is 10.3 Å². The molecule has 0 unspecified atom stereocenters. The number of nitrogens with zero attached hydrogens (tertiary/aromatic N) is 3. The fourth-order valence-electron chi connectivity index (χ4n) is 1.17. The number of aromatic nitrogens is 4. The second kappa shape index (κ2) is 3.87. The van der Waals surface area contributed by atoms with Crippen LogP contribution in [0, 0.1) is 0 Å². The first-order chi connectivity index (χ1) is 6.92. The molecule has 0 aliphatic heterocycles. The lowest BCUT2D eigenvalue weighted by Gasteiger charge is -2.01. The Morgan fingerprint density at radius 2 is 2.36 bits per heavy atom. The first-order valence-electron chi connectivity index (χ1n) is 4.41. The topological polar surface area (TPSA) is 66.5 Å². The average molecular weight is 189 g/mol. The molecule has 2 N–H and O–H groups in total. The molecule has 0 bridgehead atoms. The maximum absolute atomic E-state index is 4.12. The fraction of sp³-hybridized carbons (Fsp3) is 0.222. The molecule has 14 heavy (non-hydrogen) atoms. The second-order valence-corrected chi connectivity index (χ2v) is 2.77. The summed E-state index contributed by atoms with van der Waals surface area (Å²) in [5, 5.41) is 3.17. The molecule has 0 aliphatic carbocycles. The van der Waals surface area contributed by atoms with Crippen LogP contribution in [0.25, 0.3) is 11.2 Å². The van der Waals surface area contributed by atoms with Crippen LogP contribution in [0.15, 0.2) is 24.8 Å². The van der Waals surface area contributed by atoms with Gasteiger partial charge in [-0.2, -0.15) is 0 Å². The molecule has 2 aromatic heterocycles. The summed E-state index contributed by atoms with van der Waals surface area (Å²) in [6.45, 7) is 2.73. The molecule has 2 aromatic rings. The Balaban J connectivity index is 2.27. The van der Waals surface area contributed by atoms with Gasteiger partial charge in [-0.05, 0) is 6.92 Å². The molecular formula is C9H11N5. The summed E-state index contributed by atoms with van der Waals surface area (Å²) in [4.78, 5) is 15.2. The zero-order chi connectivity index (χ0) is 9.80. The zero-order valence-corrected chi connectivity index (χ0v) is 7.86. The van der Waals surface area contributed by atoms with Gasteiger partial charge >= 0.3 is 0 Å². The van der Waals surface area contributed by atoms with Crippen LogP contribution in [0.4, 0.5) is 5.82 Å². The average Bonchev–Trinajstić information content (AvgIpc) is 2.67. The minimum Gasteiger partial charge on any atom is -0.365 e. The zero-order valence-electron chi connectivity index (χ0n) is 7.86. The Kier molecular flexibility index (Phi) is 2.40. The maximum Gasteiger partial charge on any atom is 0.182 e. The Labute approximate surface area is 81.3 Å². The summed E-state index contributed by atoms with van der Waals surface area (Å²) >= 11 is 0. The molecule has 0 atom stereocenters. The molecular weight excluding hydrogens is 178 g/mol. The van der Waals surface area contributed by atoms with Crippen molar-refractivity contribution in [3.63, 3.8) is 0 Å². The van der Waals surface area contributed by atoms with E-state index < -0.39 is 0 Å². The summed E-state index contributed by atoms with van der Waals surface area (Å²) in [6, 6.07) is 0. The van der Waals surface area contributed by atoms with Crippen molar-refractivity contribution in [1.82, 2.24) is 19.9 Å². The smallest absolute Gasteiger partial charge is 0.182 e. The van der Waals surface area contributed by atoms with Gasteiger partial charge in [0.15, 0.2) is 11.5 Å². The molecule has 0 spiro atoms. The number of allylic oxidation sites excluding steroid dienone is 1. The number of fused-ring (bicyclic) bond motifs is 1. The van der Waals surface area contributed by atoms with E-state index in [4.69, 9.17) is 0 Å². The van der Waals surface area contributed by atoms with Crippen LogP contribution < -0.4 is 5.32 Å². The number of hydrogen-bond donors (Lipinski definition) is 2. The van der Waals surface area contributed by atoms with Crippen molar-refractivity contribution in [1.29, 1.82) is 0 Å². The molecule has 72 valence electrons. The van der Waals surface area contributed by atoms with Crippen molar-refractivity contribution < 1.29 is 0 Å². The van der Waals surface area contributed by atoms with Gasteiger partial charge in [-0.1, -0.05) is 12.2 Å². The van der Waals surface area contributed by atoms with E-state index in [0.717, 1.165) is 17.9 Å². The third-order valence-corrected chi connectivity index (χ3v) is 1.85. The highest BCUT2D eigenvalue weighted by Crippen LogP contribution is 2.13. The van der Waals surface area contributed by atoms with E-state index in [9.17, 15) is 0 Å². The number of nitrogens with one attached hydrogen (secondary N) is 2. The van der Waals surface area contributed by atoms with Crippen LogP contribution in [-0.4, -0.2) is 26.5 Å². The number of rotatable bonds is 3. The third kappa shape index (κ3) is 1.56. The molecule has 0 radical (unpaired) electrons. The second-order valence-electron chi connectivity index (χ2n) is 2.77. The molecule has 0 aromatic carbocycles. The number of H-pyrrole nitrogens is 1. The van der Waals surface area contributed by atoms with Gasteiger partial charge in [0.05, 0.1) is 6.33 Å². The van der Waals surface area contributed by atoms with E-state index in [0.29, 0.717) is 5.65 Å². The molecule has 2 heterocycles. The minimum absolute atomic E-state index is 0.683. The number of hydrogen-bond acceptors (Lipinski definition) is 4. The van der Waals surface area contributed by atoms with Gasteiger partial charge in [-0.25, -0.2) is 15.0 Å². The third-order valence-electron chi connectivity index (χ3n) is 1.85. The highest BCUT2D eigenvalue weighted by atomic mass is 15.1. The van der Waals surface area contributed by atoms with Gasteiger partial charge in [-0.15, -0.1) is 0 Å². The minimum atomic E-state index is 0.683. The van der Waals surface area contributed by atoms with Gasteiger partial charge in [0.2, 0.25) is 0 Å². The molecule has 5 heteroatoms. The van der Waals surface area contributed by atoms with Crippen molar-refractivity contribution in [3.8, 4) is 0 Å². The van der Waals surface area contributed by atoms with Gasteiger partial charge in [0.1, 0.15) is 11.8 Å². The summed E-state index contributed by atoms with van der Waals surface area (Å²) in [5.74, 6) is 0.783. The largest absolute Gasteiger partial charge is 0.365 e. The predicted molar refractivity (Wildman–Crippen MR) is 55.0 cm³/mol. The van der Waals surface area contributed by atoms with Crippen LogP contribution in [0.1, 0.15) is 6.92 Å². The van der Waals surface area contributed by atoms with Crippen molar-refractivity contribution in [2.45, 2.75) is 6.92 Å².